The summed E-state index contributed by atoms with van der Waals surface area (Å²) in [5.74, 6) is 1.00. The van der Waals surface area contributed by atoms with E-state index in [0.29, 0.717) is 11.1 Å². The van der Waals surface area contributed by atoms with Crippen LogP contribution in [0.2, 0.25) is 0 Å². The number of carbonyl (C=O) groups excluding carboxylic acids is 2. The zero-order valence-corrected chi connectivity index (χ0v) is 21.8. The Morgan fingerprint density at radius 2 is 1.30 bits per heavy atom. The lowest BCUT2D eigenvalue weighted by atomic mass is 10.2. The van der Waals surface area contributed by atoms with Crippen LogP contribution in [0.1, 0.15) is 74.1 Å². The number of aliphatic hydroxyl groups excluding tert-OH is 1. The highest BCUT2D eigenvalue weighted by Gasteiger charge is 2.00. The van der Waals surface area contributed by atoms with Crippen molar-refractivity contribution in [2.75, 3.05) is 13.2 Å². The monoisotopic (exact) mass is 480 g/mol. The van der Waals surface area contributed by atoms with Crippen molar-refractivity contribution in [1.29, 1.82) is 0 Å². The van der Waals surface area contributed by atoms with Gasteiger partial charge < -0.3 is 19.7 Å². The van der Waals surface area contributed by atoms with Crippen molar-refractivity contribution in [2.45, 2.75) is 65.6 Å². The van der Waals surface area contributed by atoms with Gasteiger partial charge in [-0.05, 0) is 88.1 Å². The van der Waals surface area contributed by atoms with Crippen molar-refractivity contribution in [3.63, 3.8) is 0 Å². The first kappa shape index (κ1) is 32.9. The standard InChI is InChI=1S/C11H14O2.C7H6O2.C4H8O.C4H10O.H3P/c1-3-9(2)13-11-6-4-10(8-12)5-7-11;8-5-6-1-3-7(9)4-2-6;1-2-4-5-3-1;1-3-4(2)5;/h4-9H,3H2,1-2H3;1-5,9H;1-4H2;4-5H,3H2,1-2H3;1H3. The highest BCUT2D eigenvalue weighted by atomic mass is 31.0. The summed E-state index contributed by atoms with van der Waals surface area (Å²) in [6, 6.07) is 13.2. The molecular formula is C26H41O6P. The maximum atomic E-state index is 10.4. The Bertz CT molecular complexity index is 705. The third kappa shape index (κ3) is 19.0. The number of carbonyl (C=O) groups is 2. The lowest BCUT2D eigenvalue weighted by Gasteiger charge is -2.11. The first-order valence-corrected chi connectivity index (χ1v) is 11.1. The van der Waals surface area contributed by atoms with Crippen LogP contribution in [-0.4, -0.2) is 48.2 Å². The molecule has 6 nitrogen and oxygen atoms in total. The number of phenolic OH excluding ortho intramolecular Hbond substituents is 1. The Morgan fingerprint density at radius 1 is 0.879 bits per heavy atom. The first-order chi connectivity index (χ1) is 15.4. The minimum atomic E-state index is -0.116. The highest BCUT2D eigenvalue weighted by Crippen LogP contribution is 2.13. The van der Waals surface area contributed by atoms with Crippen LogP contribution in [0, 0.1) is 0 Å². The molecule has 0 amide bonds. The Morgan fingerprint density at radius 3 is 1.61 bits per heavy atom. The molecule has 2 aromatic rings. The summed E-state index contributed by atoms with van der Waals surface area (Å²) in [6.07, 6.45) is 6.07. The second-order valence-corrected chi connectivity index (χ2v) is 7.31. The molecule has 0 bridgehead atoms. The third-order valence-electron chi connectivity index (χ3n) is 4.38. The number of phenols is 1. The molecule has 2 N–H and O–H groups in total. The van der Waals surface area contributed by atoms with Crippen molar-refractivity contribution in [3.05, 3.63) is 59.7 Å². The lowest BCUT2D eigenvalue weighted by molar-refractivity contribution is 0.111. The van der Waals surface area contributed by atoms with Crippen LogP contribution in [-0.2, 0) is 4.74 Å². The van der Waals surface area contributed by atoms with E-state index in [0.717, 1.165) is 44.4 Å². The van der Waals surface area contributed by atoms with E-state index in [-0.39, 0.29) is 27.9 Å². The van der Waals surface area contributed by atoms with Gasteiger partial charge in [0.05, 0.1) is 12.2 Å². The smallest absolute Gasteiger partial charge is 0.150 e. The van der Waals surface area contributed by atoms with Crippen LogP contribution in [0.4, 0.5) is 0 Å². The molecule has 0 aliphatic carbocycles. The van der Waals surface area contributed by atoms with Gasteiger partial charge in [0.1, 0.15) is 24.1 Å². The molecule has 0 saturated carbocycles. The van der Waals surface area contributed by atoms with Crippen molar-refractivity contribution in [2.24, 2.45) is 0 Å². The van der Waals surface area contributed by atoms with Gasteiger partial charge in [-0.1, -0.05) is 13.8 Å². The van der Waals surface area contributed by atoms with Gasteiger partial charge in [-0.3, -0.25) is 9.59 Å². The van der Waals surface area contributed by atoms with Crippen LogP contribution in [0.15, 0.2) is 48.5 Å². The number of aldehydes is 2. The number of aromatic hydroxyl groups is 1. The molecule has 1 fully saturated rings. The fraction of sp³-hybridized carbons (Fsp3) is 0.462. The van der Waals surface area contributed by atoms with E-state index >= 15 is 0 Å². The average molecular weight is 481 g/mol. The molecule has 0 aromatic heterocycles. The lowest BCUT2D eigenvalue weighted by Crippen LogP contribution is -2.09. The molecule has 3 unspecified atom stereocenters. The molecule has 0 spiro atoms. The van der Waals surface area contributed by atoms with Gasteiger partial charge in [0, 0.05) is 24.3 Å². The minimum Gasteiger partial charge on any atom is -0.508 e. The Labute approximate surface area is 201 Å². The van der Waals surface area contributed by atoms with E-state index in [1.165, 1.54) is 25.0 Å². The number of hydrogen-bond donors (Lipinski definition) is 2. The number of hydrogen-bond acceptors (Lipinski definition) is 6. The zero-order chi connectivity index (χ0) is 24.2. The molecule has 1 heterocycles. The molecule has 33 heavy (non-hydrogen) atoms. The van der Waals surface area contributed by atoms with Crippen molar-refractivity contribution in [1.82, 2.24) is 0 Å². The van der Waals surface area contributed by atoms with Gasteiger partial charge in [0.2, 0.25) is 0 Å². The Balaban J connectivity index is 0. The maximum Gasteiger partial charge on any atom is 0.150 e. The second-order valence-electron chi connectivity index (χ2n) is 7.31. The van der Waals surface area contributed by atoms with Crippen molar-refractivity contribution in [3.8, 4) is 11.5 Å². The van der Waals surface area contributed by atoms with Crippen LogP contribution in [0.3, 0.4) is 0 Å². The van der Waals surface area contributed by atoms with Gasteiger partial charge >= 0.3 is 0 Å². The normalized spacial score (nSPS) is 13.1. The molecule has 1 saturated heterocycles. The van der Waals surface area contributed by atoms with E-state index in [9.17, 15) is 9.59 Å². The van der Waals surface area contributed by atoms with Gasteiger partial charge in [0.15, 0.2) is 0 Å². The van der Waals surface area contributed by atoms with Crippen LogP contribution in [0.25, 0.3) is 0 Å². The maximum absolute atomic E-state index is 10.4. The number of rotatable bonds is 6. The van der Waals surface area contributed by atoms with Crippen molar-refractivity contribution >= 4 is 22.5 Å². The number of aliphatic hydroxyl groups is 1. The quantitative estimate of drug-likeness (QED) is 0.418. The summed E-state index contributed by atoms with van der Waals surface area (Å²) in [4.78, 5) is 20.4. The fourth-order valence-electron chi connectivity index (χ4n) is 2.00. The molecule has 1 aliphatic rings. The van der Waals surface area contributed by atoms with Crippen LogP contribution in [0.5, 0.6) is 11.5 Å². The van der Waals surface area contributed by atoms with E-state index in [1.54, 1.807) is 31.2 Å². The molecular weight excluding hydrogens is 439 g/mol. The Hall–Kier alpha value is -2.27. The predicted molar refractivity (Wildman–Crippen MR) is 139 cm³/mol. The van der Waals surface area contributed by atoms with Crippen LogP contribution >= 0.6 is 9.90 Å². The first-order valence-electron chi connectivity index (χ1n) is 11.1. The predicted octanol–water partition coefficient (Wildman–Crippen LogP) is 5.51. The van der Waals surface area contributed by atoms with Crippen molar-refractivity contribution < 1.29 is 29.3 Å². The molecule has 7 heteroatoms. The van der Waals surface area contributed by atoms with Crippen LogP contribution < -0.4 is 4.74 Å². The summed E-state index contributed by atoms with van der Waals surface area (Å²) in [5, 5.41) is 17.1. The molecule has 3 rings (SSSR count). The van der Waals surface area contributed by atoms with Gasteiger partial charge in [0.25, 0.3) is 0 Å². The summed E-state index contributed by atoms with van der Waals surface area (Å²) >= 11 is 0. The summed E-state index contributed by atoms with van der Waals surface area (Å²) in [5.41, 5.74) is 1.25. The third-order valence-corrected chi connectivity index (χ3v) is 4.38. The molecule has 186 valence electrons. The average Bonchev–Trinajstić information content (AvgIpc) is 3.41. The summed E-state index contributed by atoms with van der Waals surface area (Å²) in [7, 11) is 0. The fourth-order valence-corrected chi connectivity index (χ4v) is 2.00. The van der Waals surface area contributed by atoms with E-state index in [1.807, 2.05) is 26.0 Å². The van der Waals surface area contributed by atoms with E-state index in [2.05, 4.69) is 6.92 Å². The second kappa shape index (κ2) is 21.6. The Kier molecular flexibility index (Phi) is 21.5. The largest absolute Gasteiger partial charge is 0.508 e. The molecule has 1 aliphatic heterocycles. The van der Waals surface area contributed by atoms with E-state index in [4.69, 9.17) is 19.7 Å². The number of ether oxygens (including phenoxy) is 2. The van der Waals surface area contributed by atoms with Gasteiger partial charge in [-0.15, -0.1) is 0 Å². The minimum absolute atomic E-state index is 0. The van der Waals surface area contributed by atoms with Gasteiger partial charge in [-0.25, -0.2) is 0 Å². The zero-order valence-electron chi connectivity index (χ0n) is 20.4. The summed E-state index contributed by atoms with van der Waals surface area (Å²) < 4.78 is 10.5. The molecule has 3 atom stereocenters. The number of benzene rings is 2. The SMILES string of the molecule is C1CCOC1.CCC(C)O.CCC(C)Oc1ccc(C=O)cc1.O=Cc1ccc(O)cc1.P. The topological polar surface area (TPSA) is 93.1 Å². The molecule has 0 radical (unpaired) electrons. The van der Waals surface area contributed by atoms with E-state index < -0.39 is 0 Å². The van der Waals surface area contributed by atoms with Gasteiger partial charge in [-0.2, -0.15) is 9.90 Å². The molecule has 2 aromatic carbocycles. The summed E-state index contributed by atoms with van der Waals surface area (Å²) in [6.45, 7) is 9.82. The highest BCUT2D eigenvalue weighted by molar-refractivity contribution is 6.92.